The zero-order valence-electron chi connectivity index (χ0n) is 17.6. The van der Waals surface area contributed by atoms with Crippen LogP contribution in [0, 0.1) is 5.41 Å². The van der Waals surface area contributed by atoms with Gasteiger partial charge in [-0.25, -0.2) is 4.98 Å². The predicted octanol–water partition coefficient (Wildman–Crippen LogP) is 5.65. The Labute approximate surface area is 187 Å². The van der Waals surface area contributed by atoms with Crippen LogP contribution in [0.5, 0.6) is 0 Å². The molecule has 6 heteroatoms. The molecule has 1 aliphatic heterocycles. The van der Waals surface area contributed by atoms with Crippen LogP contribution in [0.3, 0.4) is 0 Å². The van der Waals surface area contributed by atoms with Crippen LogP contribution in [-0.4, -0.2) is 42.0 Å². The van der Waals surface area contributed by atoms with Crippen LogP contribution >= 0.6 is 22.9 Å². The van der Waals surface area contributed by atoms with E-state index in [1.165, 1.54) is 4.70 Å². The van der Waals surface area contributed by atoms with E-state index in [1.807, 2.05) is 36.4 Å². The standard InChI is InChI=1S/C24H28ClN3OS/c1-3-24(4-2,17-22-26-20-10-5-6-11-21(20)30-22)23(29)28-14-12-27(13-15-28)19-9-7-8-18(25)16-19/h5-11,16H,3-4,12-15,17H2,1-2H3. The average Bonchev–Trinajstić information content (AvgIpc) is 3.19. The van der Waals surface area contributed by atoms with Gasteiger partial charge < -0.3 is 9.80 Å². The number of carbonyl (C=O) groups is 1. The highest BCUT2D eigenvalue weighted by atomic mass is 35.5. The Hall–Kier alpha value is -2.11. The molecule has 30 heavy (non-hydrogen) atoms. The predicted molar refractivity (Wildman–Crippen MR) is 127 cm³/mol. The summed E-state index contributed by atoms with van der Waals surface area (Å²) < 4.78 is 1.19. The molecule has 158 valence electrons. The molecule has 2 heterocycles. The second-order valence-corrected chi connectivity index (χ2v) is 9.55. The van der Waals surface area contributed by atoms with Crippen LogP contribution < -0.4 is 4.90 Å². The lowest BCUT2D eigenvalue weighted by Crippen LogP contribution is -2.53. The summed E-state index contributed by atoms with van der Waals surface area (Å²) in [5, 5.41) is 1.81. The molecular formula is C24H28ClN3OS. The van der Waals surface area contributed by atoms with Gasteiger partial charge in [-0.05, 0) is 43.2 Å². The summed E-state index contributed by atoms with van der Waals surface area (Å²) >= 11 is 7.87. The van der Waals surface area contributed by atoms with E-state index >= 15 is 0 Å². The van der Waals surface area contributed by atoms with Crippen LogP contribution in [0.2, 0.25) is 5.02 Å². The van der Waals surface area contributed by atoms with Gasteiger partial charge in [0.2, 0.25) is 5.91 Å². The van der Waals surface area contributed by atoms with Crippen LogP contribution in [-0.2, 0) is 11.2 Å². The molecule has 0 spiro atoms. The number of halogens is 1. The number of hydrogen-bond acceptors (Lipinski definition) is 4. The molecule has 1 aliphatic rings. The second-order valence-electron chi connectivity index (χ2n) is 8.00. The minimum Gasteiger partial charge on any atom is -0.368 e. The largest absolute Gasteiger partial charge is 0.368 e. The van der Waals surface area contributed by atoms with Gasteiger partial charge in [0.25, 0.3) is 0 Å². The zero-order chi connectivity index (χ0) is 21.1. The summed E-state index contributed by atoms with van der Waals surface area (Å²) in [6, 6.07) is 16.2. The maximum Gasteiger partial charge on any atom is 0.229 e. The molecule has 2 aromatic carbocycles. The molecule has 0 aliphatic carbocycles. The lowest BCUT2D eigenvalue weighted by atomic mass is 9.77. The second kappa shape index (κ2) is 8.94. The summed E-state index contributed by atoms with van der Waals surface area (Å²) in [6.07, 6.45) is 2.37. The molecule has 1 fully saturated rings. The first-order valence-electron chi connectivity index (χ1n) is 10.7. The number of amides is 1. The number of fused-ring (bicyclic) bond motifs is 1. The number of hydrogen-bond donors (Lipinski definition) is 0. The fourth-order valence-corrected chi connectivity index (χ4v) is 5.63. The third kappa shape index (κ3) is 4.19. The molecule has 0 atom stereocenters. The van der Waals surface area contributed by atoms with Gasteiger partial charge in [0, 0.05) is 43.3 Å². The monoisotopic (exact) mass is 441 g/mol. The number of nitrogens with zero attached hydrogens (tertiary/aromatic N) is 3. The summed E-state index contributed by atoms with van der Waals surface area (Å²) in [6.45, 7) is 7.42. The van der Waals surface area contributed by atoms with E-state index in [-0.39, 0.29) is 11.3 Å². The highest BCUT2D eigenvalue weighted by Gasteiger charge is 2.40. The van der Waals surface area contributed by atoms with Crippen molar-refractivity contribution in [1.82, 2.24) is 9.88 Å². The van der Waals surface area contributed by atoms with Gasteiger partial charge in [-0.1, -0.05) is 43.6 Å². The SMILES string of the molecule is CCC(CC)(Cc1nc2ccccc2s1)C(=O)N1CCN(c2cccc(Cl)c2)CC1. The quantitative estimate of drug-likeness (QED) is 0.496. The molecule has 1 amide bonds. The number of rotatable bonds is 6. The van der Waals surface area contributed by atoms with Crippen LogP contribution in [0.4, 0.5) is 5.69 Å². The van der Waals surface area contributed by atoms with Crippen molar-refractivity contribution in [3.05, 3.63) is 58.6 Å². The average molecular weight is 442 g/mol. The minimum atomic E-state index is -0.383. The highest BCUT2D eigenvalue weighted by molar-refractivity contribution is 7.18. The smallest absolute Gasteiger partial charge is 0.229 e. The molecule has 0 bridgehead atoms. The number of anilines is 1. The van der Waals surface area contributed by atoms with Crippen molar-refractivity contribution in [3.8, 4) is 0 Å². The third-order valence-corrected chi connectivity index (χ3v) is 7.65. The fourth-order valence-electron chi connectivity index (χ4n) is 4.34. The Morgan fingerprint density at radius 2 is 1.80 bits per heavy atom. The molecule has 0 saturated carbocycles. The van der Waals surface area contributed by atoms with Crippen molar-refractivity contribution < 1.29 is 4.79 Å². The number of piperazine rings is 1. The number of benzene rings is 2. The van der Waals surface area contributed by atoms with Crippen LogP contribution in [0.1, 0.15) is 31.7 Å². The first kappa shape index (κ1) is 21.1. The summed E-state index contributed by atoms with van der Waals surface area (Å²) in [5.41, 5.74) is 1.77. The molecule has 0 N–H and O–H groups in total. The lowest BCUT2D eigenvalue weighted by Gasteiger charge is -2.41. The Bertz CT molecular complexity index is 989. The first-order chi connectivity index (χ1) is 14.5. The van der Waals surface area contributed by atoms with Crippen LogP contribution in [0.15, 0.2) is 48.5 Å². The Morgan fingerprint density at radius 3 is 2.47 bits per heavy atom. The van der Waals surface area contributed by atoms with E-state index < -0.39 is 0 Å². The Balaban J connectivity index is 1.48. The lowest BCUT2D eigenvalue weighted by molar-refractivity contribution is -0.143. The van der Waals surface area contributed by atoms with E-state index in [0.717, 1.165) is 60.3 Å². The Kier molecular flexibility index (Phi) is 6.30. The van der Waals surface area contributed by atoms with E-state index in [2.05, 4.69) is 35.8 Å². The molecular weight excluding hydrogens is 414 g/mol. The first-order valence-corrected chi connectivity index (χ1v) is 11.9. The van der Waals surface area contributed by atoms with E-state index in [0.29, 0.717) is 6.42 Å². The molecule has 4 nitrogen and oxygen atoms in total. The van der Waals surface area contributed by atoms with Crippen molar-refractivity contribution in [1.29, 1.82) is 0 Å². The number of carbonyl (C=O) groups excluding carboxylic acids is 1. The highest BCUT2D eigenvalue weighted by Crippen LogP contribution is 2.36. The van der Waals surface area contributed by atoms with E-state index in [9.17, 15) is 4.79 Å². The van der Waals surface area contributed by atoms with Crippen molar-refractivity contribution in [2.24, 2.45) is 5.41 Å². The molecule has 1 saturated heterocycles. The number of para-hydroxylation sites is 1. The topological polar surface area (TPSA) is 36.4 Å². The maximum absolute atomic E-state index is 13.7. The summed E-state index contributed by atoms with van der Waals surface area (Å²) in [4.78, 5) is 22.8. The van der Waals surface area contributed by atoms with Gasteiger partial charge in [0.15, 0.2) is 0 Å². The normalized spacial score (nSPS) is 15.0. The van der Waals surface area contributed by atoms with Gasteiger partial charge in [0.1, 0.15) is 0 Å². The van der Waals surface area contributed by atoms with Gasteiger partial charge >= 0.3 is 0 Å². The Morgan fingerprint density at radius 1 is 1.07 bits per heavy atom. The van der Waals surface area contributed by atoms with Crippen molar-refractivity contribution in [3.63, 3.8) is 0 Å². The fraction of sp³-hybridized carbons (Fsp3) is 0.417. The maximum atomic E-state index is 13.7. The minimum absolute atomic E-state index is 0.275. The summed E-state index contributed by atoms with van der Waals surface area (Å²) in [7, 11) is 0. The van der Waals surface area contributed by atoms with Gasteiger partial charge in [-0.3, -0.25) is 4.79 Å². The van der Waals surface area contributed by atoms with Crippen LogP contribution in [0.25, 0.3) is 10.2 Å². The van der Waals surface area contributed by atoms with Crippen molar-refractivity contribution in [2.45, 2.75) is 33.1 Å². The summed E-state index contributed by atoms with van der Waals surface area (Å²) in [5.74, 6) is 0.275. The molecule has 1 aromatic heterocycles. The molecule has 3 aromatic rings. The molecule has 4 rings (SSSR count). The van der Waals surface area contributed by atoms with Crippen molar-refractivity contribution in [2.75, 3.05) is 31.1 Å². The number of thiazole rings is 1. The van der Waals surface area contributed by atoms with Gasteiger partial charge in [0.05, 0.1) is 20.6 Å². The van der Waals surface area contributed by atoms with Gasteiger partial charge in [-0.2, -0.15) is 0 Å². The van der Waals surface area contributed by atoms with E-state index in [4.69, 9.17) is 16.6 Å². The third-order valence-electron chi connectivity index (χ3n) is 6.38. The zero-order valence-corrected chi connectivity index (χ0v) is 19.2. The molecule has 0 radical (unpaired) electrons. The molecule has 0 unspecified atom stereocenters. The van der Waals surface area contributed by atoms with Crippen molar-refractivity contribution >= 4 is 44.7 Å². The van der Waals surface area contributed by atoms with E-state index in [1.54, 1.807) is 11.3 Å². The van der Waals surface area contributed by atoms with Gasteiger partial charge in [-0.15, -0.1) is 11.3 Å². The number of aromatic nitrogens is 1.